The van der Waals surface area contributed by atoms with Crippen molar-refractivity contribution in [2.75, 3.05) is 0 Å². The van der Waals surface area contributed by atoms with Gasteiger partial charge in [-0.15, -0.1) is 0 Å². The lowest BCUT2D eigenvalue weighted by atomic mass is 9.68. The Morgan fingerprint density at radius 2 is 1.40 bits per heavy atom. The van der Waals surface area contributed by atoms with Crippen LogP contribution in [0.15, 0.2) is 0 Å². The molecule has 2 amide bonds. The normalized spacial score (nSPS) is 40.3. The van der Waals surface area contributed by atoms with Crippen molar-refractivity contribution in [3.63, 3.8) is 0 Å². The number of nitrogens with zero attached hydrogens (tertiary/aromatic N) is 1. The summed E-state index contributed by atoms with van der Waals surface area (Å²) in [7, 11) is 0. The fourth-order valence-corrected chi connectivity index (χ4v) is 3.75. The standard InChI is InChI=1S/C12H17NO2/c14-10-6-4-8-2-1-3-9-5-7-11(15)13(10)12(8)9/h8-9,12H,1-7H2/t8-,9?,12?/m0/s1. The Labute approximate surface area is 89.8 Å². The molecule has 3 rings (SSSR count). The molecule has 3 heteroatoms. The minimum Gasteiger partial charge on any atom is -0.279 e. The average Bonchev–Trinajstić information content (AvgIpc) is 2.25. The molecular formula is C12H17NO2. The van der Waals surface area contributed by atoms with Gasteiger partial charge in [-0.1, -0.05) is 6.42 Å². The lowest BCUT2D eigenvalue weighted by Crippen LogP contribution is -2.58. The molecule has 3 nitrogen and oxygen atoms in total. The third kappa shape index (κ3) is 1.32. The van der Waals surface area contributed by atoms with Crippen LogP contribution in [0.1, 0.15) is 44.9 Å². The van der Waals surface area contributed by atoms with E-state index in [0.29, 0.717) is 24.7 Å². The lowest BCUT2D eigenvalue weighted by molar-refractivity contribution is -0.160. The molecule has 0 aromatic carbocycles. The number of carbonyl (C=O) groups is 2. The molecule has 2 heterocycles. The molecule has 2 aliphatic heterocycles. The number of piperidine rings is 2. The van der Waals surface area contributed by atoms with Gasteiger partial charge in [0.25, 0.3) is 0 Å². The van der Waals surface area contributed by atoms with Gasteiger partial charge in [-0.05, 0) is 37.5 Å². The van der Waals surface area contributed by atoms with E-state index < -0.39 is 0 Å². The predicted octanol–water partition coefficient (Wildman–Crippen LogP) is 1.71. The maximum absolute atomic E-state index is 11.8. The highest BCUT2D eigenvalue weighted by atomic mass is 16.2. The van der Waals surface area contributed by atoms with Crippen molar-refractivity contribution >= 4 is 11.8 Å². The Hall–Kier alpha value is -0.860. The van der Waals surface area contributed by atoms with Crippen molar-refractivity contribution in [2.24, 2.45) is 11.8 Å². The van der Waals surface area contributed by atoms with Crippen LogP contribution in [0.2, 0.25) is 0 Å². The maximum Gasteiger partial charge on any atom is 0.229 e. The minimum absolute atomic E-state index is 0.0906. The smallest absolute Gasteiger partial charge is 0.229 e. The monoisotopic (exact) mass is 207 g/mol. The van der Waals surface area contributed by atoms with E-state index in [1.165, 1.54) is 19.3 Å². The number of imide groups is 1. The van der Waals surface area contributed by atoms with Gasteiger partial charge in [0.15, 0.2) is 0 Å². The van der Waals surface area contributed by atoms with Gasteiger partial charge >= 0.3 is 0 Å². The molecule has 2 saturated heterocycles. The first-order chi connectivity index (χ1) is 7.27. The molecule has 0 N–H and O–H groups in total. The fourth-order valence-electron chi connectivity index (χ4n) is 3.75. The largest absolute Gasteiger partial charge is 0.279 e. The SMILES string of the molecule is O=C1CCC2CCC[C@H]3CCC(=O)N1C23. The number of hydrogen-bond acceptors (Lipinski definition) is 2. The van der Waals surface area contributed by atoms with Crippen molar-refractivity contribution in [1.29, 1.82) is 0 Å². The Bertz CT molecular complexity index is 285. The van der Waals surface area contributed by atoms with Crippen molar-refractivity contribution in [1.82, 2.24) is 4.90 Å². The highest BCUT2D eigenvalue weighted by Crippen LogP contribution is 2.43. The van der Waals surface area contributed by atoms with Crippen LogP contribution >= 0.6 is 0 Å². The van der Waals surface area contributed by atoms with Crippen LogP contribution < -0.4 is 0 Å². The lowest BCUT2D eigenvalue weighted by Gasteiger charge is -2.49. The molecule has 3 atom stereocenters. The summed E-state index contributed by atoms with van der Waals surface area (Å²) >= 11 is 0. The molecule has 1 saturated carbocycles. The highest BCUT2D eigenvalue weighted by Gasteiger charge is 2.47. The van der Waals surface area contributed by atoms with Crippen molar-refractivity contribution < 1.29 is 9.59 Å². The van der Waals surface area contributed by atoms with Gasteiger partial charge in [0.2, 0.25) is 11.8 Å². The van der Waals surface area contributed by atoms with Gasteiger partial charge in [0.1, 0.15) is 0 Å². The van der Waals surface area contributed by atoms with Crippen LogP contribution in [0.3, 0.4) is 0 Å². The predicted molar refractivity (Wildman–Crippen MR) is 54.9 cm³/mol. The van der Waals surface area contributed by atoms with Gasteiger partial charge in [0, 0.05) is 18.9 Å². The summed E-state index contributed by atoms with van der Waals surface area (Å²) < 4.78 is 0. The number of carbonyl (C=O) groups excluding carboxylic acids is 2. The minimum atomic E-state index is 0.0906. The van der Waals surface area contributed by atoms with E-state index in [0.717, 1.165) is 12.8 Å². The first kappa shape index (κ1) is 9.37. The van der Waals surface area contributed by atoms with E-state index in [1.807, 2.05) is 0 Å². The second kappa shape index (κ2) is 3.32. The van der Waals surface area contributed by atoms with Gasteiger partial charge < -0.3 is 0 Å². The molecule has 15 heavy (non-hydrogen) atoms. The quantitative estimate of drug-likeness (QED) is 0.567. The number of hydrogen-bond donors (Lipinski definition) is 0. The van der Waals surface area contributed by atoms with Crippen LogP contribution in [0, 0.1) is 11.8 Å². The average molecular weight is 207 g/mol. The van der Waals surface area contributed by atoms with Gasteiger partial charge in [0.05, 0.1) is 0 Å². The van der Waals surface area contributed by atoms with Gasteiger partial charge in [-0.3, -0.25) is 14.5 Å². The van der Waals surface area contributed by atoms with E-state index in [-0.39, 0.29) is 17.9 Å². The van der Waals surface area contributed by atoms with E-state index >= 15 is 0 Å². The van der Waals surface area contributed by atoms with Crippen LogP contribution in [0.25, 0.3) is 0 Å². The summed E-state index contributed by atoms with van der Waals surface area (Å²) in [5.74, 6) is 1.41. The molecule has 2 unspecified atom stereocenters. The molecular weight excluding hydrogens is 190 g/mol. The van der Waals surface area contributed by atoms with Crippen LogP contribution in [0.4, 0.5) is 0 Å². The molecule has 0 spiro atoms. The van der Waals surface area contributed by atoms with Crippen LogP contribution in [0.5, 0.6) is 0 Å². The van der Waals surface area contributed by atoms with E-state index in [9.17, 15) is 9.59 Å². The van der Waals surface area contributed by atoms with Crippen molar-refractivity contribution in [3.05, 3.63) is 0 Å². The van der Waals surface area contributed by atoms with Crippen LogP contribution in [-0.4, -0.2) is 22.8 Å². The summed E-state index contributed by atoms with van der Waals surface area (Å²) in [4.78, 5) is 25.2. The van der Waals surface area contributed by atoms with Gasteiger partial charge in [-0.25, -0.2) is 0 Å². The molecule has 0 bridgehead atoms. The molecule has 0 aromatic rings. The molecule has 1 aliphatic carbocycles. The Morgan fingerprint density at radius 1 is 0.867 bits per heavy atom. The second-order valence-electron chi connectivity index (χ2n) is 5.18. The second-order valence-corrected chi connectivity index (χ2v) is 5.18. The van der Waals surface area contributed by atoms with E-state index in [1.54, 1.807) is 4.90 Å². The third-order valence-electron chi connectivity index (χ3n) is 4.41. The first-order valence-corrected chi connectivity index (χ1v) is 6.12. The molecule has 3 fully saturated rings. The highest BCUT2D eigenvalue weighted by molar-refractivity contribution is 5.96. The summed E-state index contributed by atoms with van der Waals surface area (Å²) in [6.07, 6.45) is 6.96. The van der Waals surface area contributed by atoms with Crippen LogP contribution in [-0.2, 0) is 9.59 Å². The Kier molecular flexibility index (Phi) is 2.08. The zero-order valence-corrected chi connectivity index (χ0v) is 8.95. The Morgan fingerprint density at radius 3 is 1.93 bits per heavy atom. The summed E-state index contributed by atoms with van der Waals surface area (Å²) in [6, 6.07) is 0.279. The zero-order valence-electron chi connectivity index (χ0n) is 8.95. The van der Waals surface area contributed by atoms with E-state index in [2.05, 4.69) is 0 Å². The van der Waals surface area contributed by atoms with Crippen molar-refractivity contribution in [3.8, 4) is 0 Å². The summed E-state index contributed by atoms with van der Waals surface area (Å²) in [5, 5.41) is 0. The Balaban J connectivity index is 1.94. The van der Waals surface area contributed by atoms with E-state index in [4.69, 9.17) is 0 Å². The summed E-state index contributed by atoms with van der Waals surface area (Å²) in [5.41, 5.74) is 0. The number of rotatable bonds is 0. The van der Waals surface area contributed by atoms with Gasteiger partial charge in [-0.2, -0.15) is 0 Å². The molecule has 0 aromatic heterocycles. The maximum atomic E-state index is 11.8. The first-order valence-electron chi connectivity index (χ1n) is 6.12. The molecule has 82 valence electrons. The number of amides is 2. The van der Waals surface area contributed by atoms with Crippen molar-refractivity contribution in [2.45, 2.75) is 51.0 Å². The molecule has 0 radical (unpaired) electrons. The topological polar surface area (TPSA) is 37.4 Å². The fraction of sp³-hybridized carbons (Fsp3) is 0.833. The summed E-state index contributed by atoms with van der Waals surface area (Å²) in [6.45, 7) is 0. The zero-order chi connectivity index (χ0) is 10.4. The molecule has 3 aliphatic rings. The third-order valence-corrected chi connectivity index (χ3v) is 4.41.